The number of carbonyl (C=O) groups is 2. The van der Waals surface area contributed by atoms with Crippen molar-refractivity contribution in [2.45, 2.75) is 45.2 Å². The number of likely N-dealkylation sites (N-methyl/N-ethyl adjacent to an activating group) is 1. The summed E-state index contributed by atoms with van der Waals surface area (Å²) in [5, 5.41) is 2.76. The molecule has 0 bridgehead atoms. The number of methoxy groups -OCH3 is 1. The second-order valence-corrected chi connectivity index (χ2v) is 11.0. The molecule has 2 amide bonds. The average molecular weight is 538 g/mol. The van der Waals surface area contributed by atoms with E-state index in [0.717, 1.165) is 21.0 Å². The molecule has 0 heterocycles. The molecule has 0 aliphatic carbocycles. The highest BCUT2D eigenvalue weighted by molar-refractivity contribution is 7.92. The maximum absolute atomic E-state index is 13.8. The molecule has 38 heavy (non-hydrogen) atoms. The minimum atomic E-state index is -4.11. The molecule has 3 rings (SSSR count). The molecule has 0 unspecified atom stereocenters. The lowest BCUT2D eigenvalue weighted by Gasteiger charge is -2.32. The van der Waals surface area contributed by atoms with Crippen molar-refractivity contribution in [1.29, 1.82) is 0 Å². The van der Waals surface area contributed by atoms with Gasteiger partial charge in [-0.05, 0) is 69.7 Å². The van der Waals surface area contributed by atoms with Gasteiger partial charge in [-0.1, -0.05) is 47.5 Å². The second kappa shape index (κ2) is 12.6. The molecule has 0 aliphatic rings. The van der Waals surface area contributed by atoms with Gasteiger partial charge in [-0.3, -0.25) is 13.9 Å². The van der Waals surface area contributed by atoms with Crippen LogP contribution in [0.2, 0.25) is 0 Å². The number of aryl methyl sites for hydroxylation is 2. The molecule has 202 valence electrons. The largest absolute Gasteiger partial charge is 0.497 e. The molecule has 0 aromatic heterocycles. The first-order valence-corrected chi connectivity index (χ1v) is 13.9. The highest BCUT2D eigenvalue weighted by Gasteiger charge is 2.32. The van der Waals surface area contributed by atoms with Crippen molar-refractivity contribution in [3.63, 3.8) is 0 Å². The van der Waals surface area contributed by atoms with Crippen molar-refractivity contribution in [2.24, 2.45) is 0 Å². The van der Waals surface area contributed by atoms with E-state index in [1.165, 1.54) is 24.1 Å². The molecular formula is C29H35N3O5S. The number of benzene rings is 3. The monoisotopic (exact) mass is 537 g/mol. The fourth-order valence-corrected chi connectivity index (χ4v) is 5.44. The normalized spacial score (nSPS) is 11.9. The van der Waals surface area contributed by atoms with Crippen molar-refractivity contribution in [2.75, 3.05) is 24.5 Å². The molecule has 0 fully saturated rings. The number of amides is 2. The van der Waals surface area contributed by atoms with Crippen LogP contribution in [0.25, 0.3) is 0 Å². The number of carbonyl (C=O) groups excluding carboxylic acids is 2. The first-order chi connectivity index (χ1) is 18.1. The van der Waals surface area contributed by atoms with E-state index in [4.69, 9.17) is 4.74 Å². The molecule has 9 heteroatoms. The first kappa shape index (κ1) is 28.7. The van der Waals surface area contributed by atoms with Gasteiger partial charge in [0.05, 0.1) is 17.7 Å². The van der Waals surface area contributed by atoms with Gasteiger partial charge in [-0.15, -0.1) is 0 Å². The molecule has 3 aromatic carbocycles. The summed E-state index contributed by atoms with van der Waals surface area (Å²) in [5.41, 5.74) is 3.08. The predicted octanol–water partition coefficient (Wildman–Crippen LogP) is 4.06. The van der Waals surface area contributed by atoms with Gasteiger partial charge in [0, 0.05) is 13.1 Å². The zero-order chi connectivity index (χ0) is 27.9. The molecule has 1 atom stereocenters. The molecule has 0 saturated heterocycles. The number of hydrogen-bond acceptors (Lipinski definition) is 5. The second-order valence-electron chi connectivity index (χ2n) is 9.10. The Morgan fingerprint density at radius 3 is 2.18 bits per heavy atom. The van der Waals surface area contributed by atoms with E-state index in [2.05, 4.69) is 5.32 Å². The van der Waals surface area contributed by atoms with Crippen LogP contribution in [-0.2, 0) is 26.2 Å². The van der Waals surface area contributed by atoms with Crippen molar-refractivity contribution in [3.8, 4) is 5.75 Å². The number of ether oxygens (including phenoxy) is 1. The number of nitrogens with zero attached hydrogens (tertiary/aromatic N) is 2. The molecule has 0 radical (unpaired) electrons. The third-order valence-electron chi connectivity index (χ3n) is 6.20. The van der Waals surface area contributed by atoms with Gasteiger partial charge < -0.3 is 15.0 Å². The van der Waals surface area contributed by atoms with Crippen LogP contribution in [0.3, 0.4) is 0 Å². The highest BCUT2D eigenvalue weighted by atomic mass is 32.2. The van der Waals surface area contributed by atoms with Crippen molar-refractivity contribution < 1.29 is 22.7 Å². The fraction of sp³-hybridized carbons (Fsp3) is 0.310. The zero-order valence-corrected chi connectivity index (χ0v) is 23.3. The van der Waals surface area contributed by atoms with Gasteiger partial charge in [-0.2, -0.15) is 0 Å². The van der Waals surface area contributed by atoms with Gasteiger partial charge in [0.1, 0.15) is 18.3 Å². The minimum Gasteiger partial charge on any atom is -0.497 e. The summed E-state index contributed by atoms with van der Waals surface area (Å²) in [4.78, 5) is 28.1. The summed E-state index contributed by atoms with van der Waals surface area (Å²) < 4.78 is 33.9. The van der Waals surface area contributed by atoms with E-state index in [0.29, 0.717) is 18.0 Å². The van der Waals surface area contributed by atoms with Crippen molar-refractivity contribution in [1.82, 2.24) is 10.2 Å². The topological polar surface area (TPSA) is 96.0 Å². The van der Waals surface area contributed by atoms with E-state index in [-0.39, 0.29) is 17.3 Å². The Hall–Kier alpha value is -3.85. The number of hydrogen-bond donors (Lipinski definition) is 1. The molecule has 0 spiro atoms. The Kier molecular flexibility index (Phi) is 9.52. The summed E-state index contributed by atoms with van der Waals surface area (Å²) in [6.07, 6.45) is 0. The van der Waals surface area contributed by atoms with Gasteiger partial charge in [0.15, 0.2) is 0 Å². The lowest BCUT2D eigenvalue weighted by Crippen LogP contribution is -2.51. The minimum absolute atomic E-state index is 0.0636. The van der Waals surface area contributed by atoms with Gasteiger partial charge in [-0.25, -0.2) is 8.42 Å². The Morgan fingerprint density at radius 1 is 0.947 bits per heavy atom. The van der Waals surface area contributed by atoms with Crippen LogP contribution in [0.5, 0.6) is 5.75 Å². The van der Waals surface area contributed by atoms with E-state index in [9.17, 15) is 18.0 Å². The molecular weight excluding hydrogens is 502 g/mol. The summed E-state index contributed by atoms with van der Waals surface area (Å²) in [6.45, 7) is 7.34. The Bertz CT molecular complexity index is 1360. The standard InChI is InChI=1S/C29H35N3O5S/c1-6-30-29(34)23(4)31(19-24-9-7-8-22(3)18-24)28(33)20-32(25-12-14-26(37-5)15-13-25)38(35,36)27-16-10-21(2)11-17-27/h7-18,23H,6,19-20H2,1-5H3,(H,30,34)/t23-/m1/s1. The SMILES string of the molecule is CCNC(=O)[C@@H](C)N(Cc1cccc(C)c1)C(=O)CN(c1ccc(OC)cc1)S(=O)(=O)c1ccc(C)cc1. The number of nitrogens with one attached hydrogen (secondary N) is 1. The summed E-state index contributed by atoms with van der Waals surface area (Å²) in [6, 6.07) is 19.8. The van der Waals surface area contributed by atoms with Crippen LogP contribution < -0.4 is 14.4 Å². The molecule has 0 aliphatic heterocycles. The van der Waals surface area contributed by atoms with Crippen molar-refractivity contribution in [3.05, 3.63) is 89.5 Å². The van der Waals surface area contributed by atoms with Gasteiger partial charge >= 0.3 is 0 Å². The average Bonchev–Trinajstić information content (AvgIpc) is 2.90. The third-order valence-corrected chi connectivity index (χ3v) is 7.99. The maximum Gasteiger partial charge on any atom is 0.264 e. The lowest BCUT2D eigenvalue weighted by atomic mass is 10.1. The van der Waals surface area contributed by atoms with Crippen LogP contribution in [0, 0.1) is 13.8 Å². The first-order valence-electron chi connectivity index (χ1n) is 12.4. The van der Waals surface area contributed by atoms with Crippen LogP contribution in [0.1, 0.15) is 30.5 Å². The lowest BCUT2D eigenvalue weighted by molar-refractivity contribution is -0.139. The summed E-state index contributed by atoms with van der Waals surface area (Å²) in [5.74, 6) is -0.263. The number of sulfonamides is 1. The summed E-state index contributed by atoms with van der Waals surface area (Å²) in [7, 11) is -2.59. The van der Waals surface area contributed by atoms with Crippen LogP contribution in [0.15, 0.2) is 77.7 Å². The number of rotatable bonds is 11. The van der Waals surface area contributed by atoms with E-state index < -0.39 is 28.5 Å². The van der Waals surface area contributed by atoms with Crippen molar-refractivity contribution >= 4 is 27.5 Å². The summed E-state index contributed by atoms with van der Waals surface area (Å²) >= 11 is 0. The highest BCUT2D eigenvalue weighted by Crippen LogP contribution is 2.27. The quantitative estimate of drug-likeness (QED) is 0.398. The van der Waals surface area contributed by atoms with E-state index >= 15 is 0 Å². The van der Waals surface area contributed by atoms with Crippen LogP contribution in [0.4, 0.5) is 5.69 Å². The molecule has 3 aromatic rings. The van der Waals surface area contributed by atoms with Crippen LogP contribution in [-0.4, -0.2) is 51.4 Å². The third kappa shape index (κ3) is 6.92. The molecule has 8 nitrogen and oxygen atoms in total. The predicted molar refractivity (Wildman–Crippen MR) is 149 cm³/mol. The van der Waals surface area contributed by atoms with Gasteiger partial charge in [0.2, 0.25) is 11.8 Å². The van der Waals surface area contributed by atoms with E-state index in [1.807, 2.05) is 38.1 Å². The fourth-order valence-electron chi connectivity index (χ4n) is 4.03. The Morgan fingerprint density at radius 2 is 1.61 bits per heavy atom. The van der Waals surface area contributed by atoms with E-state index in [1.54, 1.807) is 50.2 Å². The Balaban J connectivity index is 2.03. The molecule has 0 saturated carbocycles. The zero-order valence-electron chi connectivity index (χ0n) is 22.5. The number of anilines is 1. The smallest absolute Gasteiger partial charge is 0.264 e. The van der Waals surface area contributed by atoms with Gasteiger partial charge in [0.25, 0.3) is 10.0 Å². The molecule has 1 N–H and O–H groups in total. The maximum atomic E-state index is 13.8. The van der Waals surface area contributed by atoms with Crippen LogP contribution >= 0.6 is 0 Å². The Labute approximate surface area is 225 Å².